The van der Waals surface area contributed by atoms with Crippen LogP contribution in [0.3, 0.4) is 0 Å². The fourth-order valence-corrected chi connectivity index (χ4v) is 4.45. The minimum atomic E-state index is -1.10. The first-order valence-electron chi connectivity index (χ1n) is 9.37. The van der Waals surface area contributed by atoms with Gasteiger partial charge in [0.25, 0.3) is 0 Å². The van der Waals surface area contributed by atoms with Crippen LogP contribution in [-0.2, 0) is 16.8 Å². The topological polar surface area (TPSA) is 70.5 Å². The van der Waals surface area contributed by atoms with E-state index < -0.39 is 11.4 Å². The largest absolute Gasteiger partial charge is 0.477 e. The Kier molecular flexibility index (Phi) is 3.77. The predicted octanol–water partition coefficient (Wildman–Crippen LogP) is 3.89. The van der Waals surface area contributed by atoms with Crippen LogP contribution >= 0.6 is 0 Å². The zero-order valence-corrected chi connectivity index (χ0v) is 15.4. The first kappa shape index (κ1) is 17.6. The van der Waals surface area contributed by atoms with Crippen molar-refractivity contribution >= 4 is 17.6 Å². The Morgan fingerprint density at radius 1 is 1.10 bits per heavy atom. The molecular formula is C23H17FN2O3. The number of hydrogen-bond donors (Lipinski definition) is 1. The summed E-state index contributed by atoms with van der Waals surface area (Å²) >= 11 is 0. The molecule has 6 heteroatoms. The quantitative estimate of drug-likeness (QED) is 0.736. The molecule has 1 amide bonds. The number of nitrogens with zero attached hydrogens (tertiary/aromatic N) is 2. The second kappa shape index (κ2) is 6.24. The zero-order chi connectivity index (χ0) is 20.2. The molecule has 2 aliphatic rings. The summed E-state index contributed by atoms with van der Waals surface area (Å²) in [5.41, 5.74) is 2.57. The number of aromatic nitrogens is 1. The average molecular weight is 388 g/mol. The van der Waals surface area contributed by atoms with Gasteiger partial charge in [-0.15, -0.1) is 0 Å². The van der Waals surface area contributed by atoms with Gasteiger partial charge in [0, 0.05) is 11.6 Å². The molecule has 3 aromatic rings. The van der Waals surface area contributed by atoms with Crippen LogP contribution in [0.15, 0.2) is 66.7 Å². The van der Waals surface area contributed by atoms with Gasteiger partial charge in [-0.2, -0.15) is 0 Å². The van der Waals surface area contributed by atoms with Crippen molar-refractivity contribution in [3.63, 3.8) is 0 Å². The Bertz CT molecular complexity index is 1140. The molecule has 5 nitrogen and oxygen atoms in total. The molecule has 0 unspecified atom stereocenters. The van der Waals surface area contributed by atoms with E-state index in [4.69, 9.17) is 0 Å². The van der Waals surface area contributed by atoms with Gasteiger partial charge in [-0.1, -0.05) is 36.4 Å². The number of amides is 1. The molecule has 29 heavy (non-hydrogen) atoms. The molecule has 2 heterocycles. The van der Waals surface area contributed by atoms with Crippen molar-refractivity contribution < 1.29 is 19.1 Å². The molecule has 144 valence electrons. The molecule has 0 saturated heterocycles. The van der Waals surface area contributed by atoms with Crippen molar-refractivity contribution in [2.45, 2.75) is 24.3 Å². The normalized spacial score (nSPS) is 22.0. The standard InChI is InChI=1S/C23H17FN2O3/c24-15-10-8-14(9-11-15)18-12-23(18)17-5-1-2-7-20(17)26(22(23)29)13-16-4-3-6-19(25-16)21(27)28/h1-11,18H,12-13H2,(H,27,28)/t18-,23-/m1/s1. The second-order valence-electron chi connectivity index (χ2n) is 7.51. The summed E-state index contributed by atoms with van der Waals surface area (Å²) in [6.07, 6.45) is 0.674. The number of aromatic carboxylic acids is 1. The van der Waals surface area contributed by atoms with Crippen LogP contribution in [0.5, 0.6) is 0 Å². The van der Waals surface area contributed by atoms with Crippen molar-refractivity contribution in [2.75, 3.05) is 4.90 Å². The maximum atomic E-state index is 13.5. The van der Waals surface area contributed by atoms with Crippen LogP contribution in [0, 0.1) is 5.82 Å². The molecular weight excluding hydrogens is 371 g/mol. The lowest BCUT2D eigenvalue weighted by atomic mass is 9.92. The summed E-state index contributed by atoms with van der Waals surface area (Å²) in [4.78, 5) is 30.6. The number of anilines is 1. The van der Waals surface area contributed by atoms with E-state index in [2.05, 4.69) is 4.98 Å². The predicted molar refractivity (Wildman–Crippen MR) is 104 cm³/mol. The molecule has 0 radical (unpaired) electrons. The zero-order valence-electron chi connectivity index (χ0n) is 15.4. The number of fused-ring (bicyclic) bond motifs is 2. The first-order chi connectivity index (χ1) is 14.0. The van der Waals surface area contributed by atoms with E-state index in [-0.39, 0.29) is 29.9 Å². The molecule has 5 rings (SSSR count). The van der Waals surface area contributed by atoms with Crippen LogP contribution in [0.2, 0.25) is 0 Å². The molecule has 1 aliphatic carbocycles. The highest BCUT2D eigenvalue weighted by Crippen LogP contribution is 2.66. The van der Waals surface area contributed by atoms with E-state index in [0.717, 1.165) is 16.8 Å². The van der Waals surface area contributed by atoms with Gasteiger partial charge in [-0.25, -0.2) is 14.2 Å². The van der Waals surface area contributed by atoms with E-state index in [9.17, 15) is 19.1 Å². The second-order valence-corrected chi connectivity index (χ2v) is 7.51. The summed E-state index contributed by atoms with van der Waals surface area (Å²) < 4.78 is 13.3. The molecule has 1 N–H and O–H groups in total. The van der Waals surface area contributed by atoms with Crippen LogP contribution in [0.4, 0.5) is 10.1 Å². The third kappa shape index (κ3) is 2.63. The molecule has 0 bridgehead atoms. The van der Waals surface area contributed by atoms with E-state index >= 15 is 0 Å². The Morgan fingerprint density at radius 2 is 1.86 bits per heavy atom. The summed E-state index contributed by atoms with van der Waals surface area (Å²) in [5, 5.41) is 9.18. The third-order valence-electron chi connectivity index (χ3n) is 5.88. The number of carboxylic acid groups (broad SMARTS) is 1. The number of halogens is 1. The van der Waals surface area contributed by atoms with Crippen molar-refractivity contribution in [1.29, 1.82) is 0 Å². The molecule has 1 aromatic heterocycles. The van der Waals surface area contributed by atoms with Gasteiger partial charge >= 0.3 is 5.97 Å². The lowest BCUT2D eigenvalue weighted by Gasteiger charge is -2.18. The number of benzene rings is 2. The maximum Gasteiger partial charge on any atom is 0.354 e. The number of hydrogen-bond acceptors (Lipinski definition) is 3. The number of carbonyl (C=O) groups is 2. The van der Waals surface area contributed by atoms with Gasteiger partial charge < -0.3 is 10.0 Å². The van der Waals surface area contributed by atoms with E-state index in [1.54, 1.807) is 29.2 Å². The van der Waals surface area contributed by atoms with Gasteiger partial charge in [-0.05, 0) is 47.9 Å². The molecule has 1 aliphatic heterocycles. The van der Waals surface area contributed by atoms with Crippen LogP contribution < -0.4 is 4.90 Å². The van der Waals surface area contributed by atoms with Crippen LogP contribution in [-0.4, -0.2) is 22.0 Å². The Morgan fingerprint density at radius 3 is 2.62 bits per heavy atom. The SMILES string of the molecule is O=C(O)c1cccc(CN2C(=O)[C@]3(C[C@@H]3c3ccc(F)cc3)c3ccccc32)n1. The van der Waals surface area contributed by atoms with Gasteiger partial charge in [0.1, 0.15) is 11.5 Å². The smallest absolute Gasteiger partial charge is 0.354 e. The minimum Gasteiger partial charge on any atom is -0.477 e. The molecule has 2 atom stereocenters. The van der Waals surface area contributed by atoms with Crippen molar-refractivity contribution in [3.8, 4) is 0 Å². The summed E-state index contributed by atoms with van der Waals surface area (Å²) in [6, 6.07) is 18.8. The number of para-hydroxylation sites is 1. The van der Waals surface area contributed by atoms with Crippen LogP contribution in [0.25, 0.3) is 0 Å². The van der Waals surface area contributed by atoms with Gasteiger partial charge in [-0.3, -0.25) is 4.79 Å². The Labute approximate surface area is 166 Å². The molecule has 1 saturated carbocycles. The third-order valence-corrected chi connectivity index (χ3v) is 5.88. The highest BCUT2D eigenvalue weighted by Gasteiger charge is 2.67. The van der Waals surface area contributed by atoms with Crippen molar-refractivity contribution in [2.24, 2.45) is 0 Å². The fourth-order valence-electron chi connectivity index (χ4n) is 4.45. The van der Waals surface area contributed by atoms with Crippen molar-refractivity contribution in [3.05, 3.63) is 95.1 Å². The summed E-state index contributed by atoms with van der Waals surface area (Å²) in [7, 11) is 0. The Hall–Kier alpha value is -3.54. The highest BCUT2D eigenvalue weighted by molar-refractivity contribution is 6.11. The van der Waals surface area contributed by atoms with Crippen LogP contribution in [0.1, 0.15) is 39.6 Å². The fraction of sp³-hybridized carbons (Fsp3) is 0.174. The van der Waals surface area contributed by atoms with Gasteiger partial charge in [0.05, 0.1) is 17.7 Å². The molecule has 1 spiro atoms. The van der Waals surface area contributed by atoms with Crippen molar-refractivity contribution in [1.82, 2.24) is 4.98 Å². The highest BCUT2D eigenvalue weighted by atomic mass is 19.1. The summed E-state index contributed by atoms with van der Waals surface area (Å²) in [5.74, 6) is -1.42. The number of rotatable bonds is 4. The Balaban J connectivity index is 1.51. The lowest BCUT2D eigenvalue weighted by Crippen LogP contribution is -2.32. The van der Waals surface area contributed by atoms with E-state index in [1.165, 1.54) is 18.2 Å². The maximum absolute atomic E-state index is 13.5. The van der Waals surface area contributed by atoms with Gasteiger partial charge in [0.15, 0.2) is 0 Å². The van der Waals surface area contributed by atoms with E-state index in [0.29, 0.717) is 12.1 Å². The van der Waals surface area contributed by atoms with Gasteiger partial charge in [0.2, 0.25) is 5.91 Å². The lowest BCUT2D eigenvalue weighted by molar-refractivity contribution is -0.120. The molecule has 1 fully saturated rings. The van der Waals surface area contributed by atoms with E-state index in [1.807, 2.05) is 24.3 Å². The first-order valence-corrected chi connectivity index (χ1v) is 9.37. The number of pyridine rings is 1. The monoisotopic (exact) mass is 388 g/mol. The summed E-state index contributed by atoms with van der Waals surface area (Å²) in [6.45, 7) is 0.203. The molecule has 2 aromatic carbocycles. The number of carbonyl (C=O) groups excluding carboxylic acids is 1. The minimum absolute atomic E-state index is 0.0000584. The average Bonchev–Trinajstić information content (AvgIpc) is 3.44. The number of carboxylic acids is 1.